The van der Waals surface area contributed by atoms with Gasteiger partial charge in [-0.05, 0) is 40.4 Å². The fraction of sp³-hybridized carbons (Fsp3) is 0.318. The van der Waals surface area contributed by atoms with Gasteiger partial charge in [-0.1, -0.05) is 36.3 Å². The largest absolute Gasteiger partial charge is 0.480 e. The van der Waals surface area contributed by atoms with Crippen LogP contribution in [-0.4, -0.2) is 36.5 Å². The Labute approximate surface area is 174 Å². The highest BCUT2D eigenvalue weighted by Crippen LogP contribution is 2.29. The average Bonchev–Trinajstić information content (AvgIpc) is 2.70. The maximum absolute atomic E-state index is 12.8. The van der Waals surface area contributed by atoms with E-state index in [-0.39, 0.29) is 18.6 Å². The van der Waals surface area contributed by atoms with Crippen molar-refractivity contribution in [2.75, 3.05) is 25.4 Å². The molecule has 2 aromatic rings. The number of carbonyl (C=O) groups is 1. The number of nitrogen functional groups attached to an aromatic ring is 1. The Morgan fingerprint density at radius 1 is 1.29 bits per heavy atom. The summed E-state index contributed by atoms with van der Waals surface area (Å²) < 4.78 is 6.17. The van der Waals surface area contributed by atoms with E-state index in [4.69, 9.17) is 16.9 Å². The summed E-state index contributed by atoms with van der Waals surface area (Å²) in [5.41, 5.74) is 8.15. The predicted octanol–water partition coefficient (Wildman–Crippen LogP) is 3.44. The van der Waals surface area contributed by atoms with E-state index in [9.17, 15) is 4.79 Å². The smallest absolute Gasteiger partial charge is 0.255 e. The van der Waals surface area contributed by atoms with Crippen molar-refractivity contribution in [2.45, 2.75) is 25.4 Å². The summed E-state index contributed by atoms with van der Waals surface area (Å²) in [5.74, 6) is 2.64. The average molecular weight is 442 g/mol. The van der Waals surface area contributed by atoms with Gasteiger partial charge in [0, 0.05) is 41.9 Å². The van der Waals surface area contributed by atoms with Gasteiger partial charge in [0.25, 0.3) is 5.91 Å². The summed E-state index contributed by atoms with van der Waals surface area (Å²) in [7, 11) is 0. The van der Waals surface area contributed by atoms with Crippen molar-refractivity contribution in [1.29, 1.82) is 0 Å². The van der Waals surface area contributed by atoms with Crippen LogP contribution < -0.4 is 15.8 Å². The number of hydrogen-bond donors (Lipinski definition) is 2. The quantitative estimate of drug-likeness (QED) is 0.532. The molecule has 6 heteroatoms. The van der Waals surface area contributed by atoms with Gasteiger partial charge in [-0.3, -0.25) is 9.69 Å². The molecule has 3 N–H and O–H groups in total. The molecule has 2 aromatic carbocycles. The maximum atomic E-state index is 12.8. The highest BCUT2D eigenvalue weighted by atomic mass is 79.9. The number of nitrogens with one attached hydrogen (secondary N) is 1. The lowest BCUT2D eigenvalue weighted by atomic mass is 10.0. The van der Waals surface area contributed by atoms with Crippen molar-refractivity contribution in [2.24, 2.45) is 0 Å². The van der Waals surface area contributed by atoms with E-state index in [1.807, 2.05) is 6.07 Å². The zero-order valence-electron chi connectivity index (χ0n) is 15.7. The van der Waals surface area contributed by atoms with Crippen molar-refractivity contribution in [3.63, 3.8) is 0 Å². The number of carbonyl (C=O) groups excluding carboxylic acids is 1. The minimum atomic E-state index is -0.172. The second kappa shape index (κ2) is 9.63. The number of halogens is 1. The number of rotatable bonds is 6. The van der Waals surface area contributed by atoms with Crippen LogP contribution in [0, 0.1) is 12.3 Å². The second-order valence-electron chi connectivity index (χ2n) is 6.87. The number of nitrogens with two attached hydrogens (primary N) is 1. The fourth-order valence-electron chi connectivity index (χ4n) is 3.33. The van der Waals surface area contributed by atoms with Gasteiger partial charge in [0.2, 0.25) is 0 Å². The molecule has 0 atom stereocenters. The van der Waals surface area contributed by atoms with E-state index in [1.165, 1.54) is 5.56 Å². The molecular weight excluding hydrogens is 418 g/mol. The minimum Gasteiger partial charge on any atom is -0.480 e. The Bertz CT molecular complexity index is 856. The molecule has 0 unspecified atom stereocenters. The van der Waals surface area contributed by atoms with Crippen LogP contribution in [0.1, 0.15) is 28.8 Å². The maximum Gasteiger partial charge on any atom is 0.255 e. The Morgan fingerprint density at radius 3 is 2.68 bits per heavy atom. The lowest BCUT2D eigenvalue weighted by Crippen LogP contribution is -2.44. The lowest BCUT2D eigenvalue weighted by molar-refractivity contribution is 0.0905. The van der Waals surface area contributed by atoms with Crippen LogP contribution in [0.4, 0.5) is 5.69 Å². The molecule has 1 fully saturated rings. The first kappa shape index (κ1) is 20.2. The van der Waals surface area contributed by atoms with Gasteiger partial charge in [0.15, 0.2) is 0 Å². The third-order valence-electron chi connectivity index (χ3n) is 4.83. The monoisotopic (exact) mass is 441 g/mol. The third-order valence-corrected chi connectivity index (χ3v) is 5.51. The molecule has 1 amide bonds. The van der Waals surface area contributed by atoms with Crippen molar-refractivity contribution < 1.29 is 9.53 Å². The molecule has 1 heterocycles. The van der Waals surface area contributed by atoms with Crippen molar-refractivity contribution >= 4 is 27.5 Å². The van der Waals surface area contributed by atoms with Gasteiger partial charge in [-0.25, -0.2) is 0 Å². The first-order chi connectivity index (χ1) is 13.6. The van der Waals surface area contributed by atoms with Gasteiger partial charge in [0.05, 0.1) is 5.56 Å². The summed E-state index contributed by atoms with van der Waals surface area (Å²) in [4.78, 5) is 15.2. The zero-order chi connectivity index (χ0) is 19.9. The number of hydrogen-bond acceptors (Lipinski definition) is 4. The van der Waals surface area contributed by atoms with Crippen molar-refractivity contribution in [1.82, 2.24) is 10.2 Å². The molecule has 0 radical (unpaired) electrons. The summed E-state index contributed by atoms with van der Waals surface area (Å²) in [6, 6.07) is 13.9. The number of ether oxygens (including phenoxy) is 1. The molecule has 3 rings (SSSR count). The molecule has 146 valence electrons. The van der Waals surface area contributed by atoms with E-state index in [2.05, 4.69) is 56.3 Å². The second-order valence-corrected chi connectivity index (χ2v) is 7.73. The fourth-order valence-corrected chi connectivity index (χ4v) is 3.67. The number of likely N-dealkylation sites (tertiary alicyclic amines) is 1. The molecule has 0 saturated carbocycles. The summed E-state index contributed by atoms with van der Waals surface area (Å²) >= 11 is 3.37. The first-order valence-corrected chi connectivity index (χ1v) is 10.1. The van der Waals surface area contributed by atoms with E-state index < -0.39 is 0 Å². The van der Waals surface area contributed by atoms with Gasteiger partial charge in [-0.2, -0.15) is 0 Å². The number of terminal acetylenes is 1. The number of benzene rings is 2. The molecule has 5 nitrogen and oxygen atoms in total. The molecule has 1 aliphatic rings. The van der Waals surface area contributed by atoms with Crippen LogP contribution in [0.25, 0.3) is 0 Å². The van der Waals surface area contributed by atoms with Crippen LogP contribution in [0.3, 0.4) is 0 Å². The highest BCUT2D eigenvalue weighted by molar-refractivity contribution is 9.10. The Hall–Kier alpha value is -2.49. The van der Waals surface area contributed by atoms with Crippen LogP contribution >= 0.6 is 15.9 Å². The highest BCUT2D eigenvalue weighted by Gasteiger charge is 2.23. The Morgan fingerprint density at radius 2 is 2.00 bits per heavy atom. The van der Waals surface area contributed by atoms with Gasteiger partial charge >= 0.3 is 0 Å². The summed E-state index contributed by atoms with van der Waals surface area (Å²) in [6.45, 7) is 2.92. The summed E-state index contributed by atoms with van der Waals surface area (Å²) in [6.07, 6.45) is 7.09. The van der Waals surface area contributed by atoms with E-state index in [0.717, 1.165) is 32.5 Å². The number of nitrogens with zero attached hydrogens (tertiary/aromatic N) is 1. The Kier molecular flexibility index (Phi) is 6.96. The molecule has 1 saturated heterocycles. The number of piperidine rings is 1. The lowest BCUT2D eigenvalue weighted by Gasteiger charge is -2.32. The molecule has 0 spiro atoms. The number of amides is 1. The molecular formula is C22H24BrN3O2. The van der Waals surface area contributed by atoms with E-state index in [0.29, 0.717) is 21.5 Å². The molecule has 0 aromatic heterocycles. The SMILES string of the molecule is C#CCOc1cc(N)c(Br)cc1C(=O)NC1CCN(Cc2ccccc2)CC1. The van der Waals surface area contributed by atoms with Crippen LogP contribution in [-0.2, 0) is 6.54 Å². The van der Waals surface area contributed by atoms with Crippen LogP contribution in [0.15, 0.2) is 46.9 Å². The third kappa shape index (κ3) is 5.28. The number of anilines is 1. The van der Waals surface area contributed by atoms with E-state index in [1.54, 1.807) is 12.1 Å². The topological polar surface area (TPSA) is 67.6 Å². The van der Waals surface area contributed by atoms with Crippen LogP contribution in [0.2, 0.25) is 0 Å². The zero-order valence-corrected chi connectivity index (χ0v) is 17.2. The molecule has 0 bridgehead atoms. The molecule has 0 aliphatic carbocycles. The standard InChI is InChI=1S/C22H24BrN3O2/c1-2-12-28-21-14-20(24)19(23)13-18(21)22(27)25-17-8-10-26(11-9-17)15-16-6-4-3-5-7-16/h1,3-7,13-14,17H,8-12,15,24H2,(H,25,27). The first-order valence-electron chi connectivity index (χ1n) is 9.29. The summed E-state index contributed by atoms with van der Waals surface area (Å²) in [5, 5.41) is 3.12. The van der Waals surface area contributed by atoms with Crippen LogP contribution in [0.5, 0.6) is 5.75 Å². The van der Waals surface area contributed by atoms with Gasteiger partial charge < -0.3 is 15.8 Å². The normalized spacial score (nSPS) is 15.0. The Balaban J connectivity index is 1.58. The van der Waals surface area contributed by atoms with Gasteiger partial charge in [0.1, 0.15) is 12.4 Å². The minimum absolute atomic E-state index is 0.0826. The van der Waals surface area contributed by atoms with Crippen molar-refractivity contribution in [3.05, 3.63) is 58.1 Å². The predicted molar refractivity (Wildman–Crippen MR) is 115 cm³/mol. The molecule has 1 aliphatic heterocycles. The molecule has 28 heavy (non-hydrogen) atoms. The van der Waals surface area contributed by atoms with Crippen molar-refractivity contribution in [3.8, 4) is 18.1 Å². The van der Waals surface area contributed by atoms with Gasteiger partial charge in [-0.15, -0.1) is 6.42 Å². The van der Waals surface area contributed by atoms with E-state index >= 15 is 0 Å².